The van der Waals surface area contributed by atoms with Crippen molar-refractivity contribution in [3.05, 3.63) is 23.8 Å². The Labute approximate surface area is 151 Å². The van der Waals surface area contributed by atoms with Crippen LogP contribution in [0.5, 0.6) is 11.5 Å². The van der Waals surface area contributed by atoms with Gasteiger partial charge in [-0.05, 0) is 43.9 Å². The van der Waals surface area contributed by atoms with Crippen LogP contribution in [-0.2, 0) is 16.1 Å². The number of ether oxygens (including phenoxy) is 3. The maximum atomic E-state index is 12.7. The highest BCUT2D eigenvalue weighted by Crippen LogP contribution is 2.29. The average molecular weight is 349 g/mol. The van der Waals surface area contributed by atoms with Crippen molar-refractivity contribution in [1.29, 1.82) is 0 Å². The van der Waals surface area contributed by atoms with Gasteiger partial charge in [0.05, 0.1) is 25.7 Å². The molecule has 2 rings (SSSR count). The molecule has 1 aromatic carbocycles. The summed E-state index contributed by atoms with van der Waals surface area (Å²) in [6.07, 6.45) is 2.72. The van der Waals surface area contributed by atoms with E-state index in [-0.39, 0.29) is 11.8 Å². The molecule has 0 bridgehead atoms. The first kappa shape index (κ1) is 19.6. The number of carbonyl (C=O) groups is 1. The van der Waals surface area contributed by atoms with Crippen LogP contribution in [0.1, 0.15) is 45.6 Å². The van der Waals surface area contributed by atoms with Crippen LogP contribution in [0.2, 0.25) is 0 Å². The highest BCUT2D eigenvalue weighted by molar-refractivity contribution is 5.79. The zero-order chi connectivity index (χ0) is 18.1. The Kier molecular flexibility index (Phi) is 8.06. The monoisotopic (exact) mass is 349 g/mol. The minimum absolute atomic E-state index is 0.00470. The summed E-state index contributed by atoms with van der Waals surface area (Å²) in [5.41, 5.74) is 1.06. The van der Waals surface area contributed by atoms with Crippen LogP contribution in [0.4, 0.5) is 0 Å². The fraction of sp³-hybridized carbons (Fsp3) is 0.650. The van der Waals surface area contributed by atoms with Crippen LogP contribution >= 0.6 is 0 Å². The van der Waals surface area contributed by atoms with Gasteiger partial charge in [-0.3, -0.25) is 4.79 Å². The SMILES string of the molecule is CCCOc1ccc(CN(CCC)C(=O)C2CCOC2)cc1OCC. The minimum atomic E-state index is 0.00470. The van der Waals surface area contributed by atoms with Gasteiger partial charge in [0.15, 0.2) is 11.5 Å². The molecular formula is C20H31NO4. The van der Waals surface area contributed by atoms with E-state index < -0.39 is 0 Å². The molecule has 1 aliphatic rings. The van der Waals surface area contributed by atoms with E-state index in [1.807, 2.05) is 30.0 Å². The number of hydrogen-bond acceptors (Lipinski definition) is 4. The smallest absolute Gasteiger partial charge is 0.228 e. The summed E-state index contributed by atoms with van der Waals surface area (Å²) in [6, 6.07) is 5.97. The van der Waals surface area contributed by atoms with Crippen LogP contribution in [0.15, 0.2) is 18.2 Å². The quantitative estimate of drug-likeness (QED) is 0.647. The van der Waals surface area contributed by atoms with E-state index in [0.717, 1.165) is 42.9 Å². The van der Waals surface area contributed by atoms with Gasteiger partial charge in [-0.2, -0.15) is 0 Å². The van der Waals surface area contributed by atoms with E-state index in [1.165, 1.54) is 0 Å². The van der Waals surface area contributed by atoms with Crippen molar-refractivity contribution in [1.82, 2.24) is 4.90 Å². The molecule has 1 atom stereocenters. The molecule has 1 aliphatic heterocycles. The van der Waals surface area contributed by atoms with E-state index in [2.05, 4.69) is 13.8 Å². The second kappa shape index (κ2) is 10.3. The van der Waals surface area contributed by atoms with Crippen molar-refractivity contribution in [2.75, 3.05) is 33.0 Å². The van der Waals surface area contributed by atoms with Gasteiger partial charge in [-0.15, -0.1) is 0 Å². The van der Waals surface area contributed by atoms with Gasteiger partial charge in [0, 0.05) is 19.7 Å². The summed E-state index contributed by atoms with van der Waals surface area (Å²) in [5.74, 6) is 1.72. The lowest BCUT2D eigenvalue weighted by Crippen LogP contribution is -2.36. The number of hydrogen-bond donors (Lipinski definition) is 0. The molecule has 25 heavy (non-hydrogen) atoms. The molecule has 1 amide bonds. The van der Waals surface area contributed by atoms with E-state index >= 15 is 0 Å². The van der Waals surface area contributed by atoms with Gasteiger partial charge in [0.1, 0.15) is 0 Å². The first-order valence-corrected chi connectivity index (χ1v) is 9.44. The van der Waals surface area contributed by atoms with Gasteiger partial charge in [0.25, 0.3) is 0 Å². The third-order valence-corrected chi connectivity index (χ3v) is 4.23. The van der Waals surface area contributed by atoms with Crippen LogP contribution in [0.25, 0.3) is 0 Å². The third-order valence-electron chi connectivity index (χ3n) is 4.23. The lowest BCUT2D eigenvalue weighted by Gasteiger charge is -2.25. The number of carbonyl (C=O) groups excluding carboxylic acids is 1. The second-order valence-corrected chi connectivity index (χ2v) is 6.38. The van der Waals surface area contributed by atoms with Crippen molar-refractivity contribution >= 4 is 5.91 Å². The summed E-state index contributed by atoms with van der Waals surface area (Å²) in [6.45, 7) is 9.98. The molecule has 0 N–H and O–H groups in total. The molecule has 5 nitrogen and oxygen atoms in total. The van der Waals surface area contributed by atoms with Gasteiger partial charge < -0.3 is 19.1 Å². The minimum Gasteiger partial charge on any atom is -0.490 e. The maximum absolute atomic E-state index is 12.7. The first-order chi connectivity index (χ1) is 12.2. The van der Waals surface area contributed by atoms with E-state index in [4.69, 9.17) is 14.2 Å². The summed E-state index contributed by atoms with van der Waals surface area (Å²) < 4.78 is 16.9. The Bertz CT molecular complexity index is 540. The maximum Gasteiger partial charge on any atom is 0.228 e. The molecule has 0 spiro atoms. The zero-order valence-corrected chi connectivity index (χ0v) is 15.8. The molecule has 1 saturated heterocycles. The van der Waals surface area contributed by atoms with E-state index in [1.54, 1.807) is 0 Å². The average Bonchev–Trinajstić information content (AvgIpc) is 3.15. The Morgan fingerprint density at radius 3 is 2.68 bits per heavy atom. The normalized spacial score (nSPS) is 16.7. The van der Waals surface area contributed by atoms with Crippen molar-refractivity contribution in [2.24, 2.45) is 5.92 Å². The standard InChI is InChI=1S/C20H31NO4/c1-4-10-21(20(22)17-9-12-23-15-17)14-16-7-8-18(25-11-5-2)19(13-16)24-6-3/h7-8,13,17H,4-6,9-12,14-15H2,1-3H3. The van der Waals surface area contributed by atoms with Crippen LogP contribution in [-0.4, -0.2) is 43.8 Å². The summed E-state index contributed by atoms with van der Waals surface area (Å²) in [5, 5.41) is 0. The first-order valence-electron chi connectivity index (χ1n) is 9.44. The van der Waals surface area contributed by atoms with Gasteiger partial charge in [-0.25, -0.2) is 0 Å². The summed E-state index contributed by atoms with van der Waals surface area (Å²) >= 11 is 0. The topological polar surface area (TPSA) is 48.0 Å². The fourth-order valence-electron chi connectivity index (χ4n) is 3.00. The highest BCUT2D eigenvalue weighted by Gasteiger charge is 2.27. The van der Waals surface area contributed by atoms with Gasteiger partial charge in [-0.1, -0.05) is 19.9 Å². The molecule has 0 aliphatic carbocycles. The van der Waals surface area contributed by atoms with Gasteiger partial charge in [0.2, 0.25) is 5.91 Å². The molecule has 0 radical (unpaired) electrons. The van der Waals surface area contributed by atoms with Crippen LogP contribution in [0, 0.1) is 5.92 Å². The largest absolute Gasteiger partial charge is 0.490 e. The van der Waals surface area contributed by atoms with Crippen LogP contribution < -0.4 is 9.47 Å². The second-order valence-electron chi connectivity index (χ2n) is 6.38. The van der Waals surface area contributed by atoms with E-state index in [9.17, 15) is 4.79 Å². The van der Waals surface area contributed by atoms with Crippen LogP contribution in [0.3, 0.4) is 0 Å². The Morgan fingerprint density at radius 1 is 1.20 bits per heavy atom. The molecule has 1 fully saturated rings. The van der Waals surface area contributed by atoms with Crippen molar-refractivity contribution in [3.8, 4) is 11.5 Å². The molecule has 140 valence electrons. The number of nitrogens with zero attached hydrogens (tertiary/aromatic N) is 1. The summed E-state index contributed by atoms with van der Waals surface area (Å²) in [4.78, 5) is 14.7. The number of benzene rings is 1. The third kappa shape index (κ3) is 5.63. The molecule has 1 unspecified atom stereocenters. The molecule has 0 saturated carbocycles. The molecular weight excluding hydrogens is 318 g/mol. The molecule has 5 heteroatoms. The molecule has 1 aromatic rings. The predicted octanol–water partition coefficient (Wildman–Crippen LogP) is 3.65. The van der Waals surface area contributed by atoms with Crippen molar-refractivity contribution in [2.45, 2.75) is 46.6 Å². The molecule has 1 heterocycles. The Morgan fingerprint density at radius 2 is 2.04 bits per heavy atom. The Balaban J connectivity index is 2.11. The lowest BCUT2D eigenvalue weighted by atomic mass is 10.1. The number of rotatable bonds is 10. The number of amides is 1. The van der Waals surface area contributed by atoms with Gasteiger partial charge >= 0.3 is 0 Å². The summed E-state index contributed by atoms with van der Waals surface area (Å²) in [7, 11) is 0. The molecule has 0 aromatic heterocycles. The van der Waals surface area contributed by atoms with E-state index in [0.29, 0.717) is 33.0 Å². The highest BCUT2D eigenvalue weighted by atomic mass is 16.5. The predicted molar refractivity (Wildman–Crippen MR) is 98.0 cm³/mol. The zero-order valence-electron chi connectivity index (χ0n) is 15.8. The lowest BCUT2D eigenvalue weighted by molar-refractivity contribution is -0.136. The Hall–Kier alpha value is -1.75. The van der Waals surface area contributed by atoms with Crippen molar-refractivity contribution in [3.63, 3.8) is 0 Å². The van der Waals surface area contributed by atoms with Crippen molar-refractivity contribution < 1.29 is 19.0 Å². The fourth-order valence-corrected chi connectivity index (χ4v) is 3.00.